The molecule has 1 fully saturated rings. The van der Waals surface area contributed by atoms with Crippen LogP contribution in [0.4, 0.5) is 0 Å². The maximum Gasteiger partial charge on any atom is 0.191 e. The number of guanidine groups is 1. The molecule has 2 unspecified atom stereocenters. The molecule has 19 heavy (non-hydrogen) atoms. The molecule has 1 aromatic rings. The Labute approximate surface area is 133 Å². The summed E-state index contributed by atoms with van der Waals surface area (Å²) in [5, 5.41) is 6.76. The number of rotatable bonds is 4. The van der Waals surface area contributed by atoms with Crippen molar-refractivity contribution in [3.63, 3.8) is 0 Å². The van der Waals surface area contributed by atoms with E-state index < -0.39 is 0 Å². The van der Waals surface area contributed by atoms with Crippen LogP contribution in [0.2, 0.25) is 0 Å². The van der Waals surface area contributed by atoms with Crippen LogP contribution >= 0.6 is 24.0 Å². The molecule has 0 radical (unpaired) electrons. The average molecular weight is 373 g/mol. The first-order valence-corrected chi connectivity index (χ1v) is 6.79. The summed E-state index contributed by atoms with van der Waals surface area (Å²) in [6.45, 7) is 8.10. The Bertz CT molecular complexity index is 414. The van der Waals surface area contributed by atoms with Gasteiger partial charge in [-0.1, -0.05) is 36.8 Å². The highest BCUT2D eigenvalue weighted by atomic mass is 127. The molecule has 0 amide bonds. The highest BCUT2D eigenvalue weighted by Gasteiger charge is 2.33. The van der Waals surface area contributed by atoms with Crippen LogP contribution in [-0.2, 0) is 6.54 Å². The Morgan fingerprint density at radius 2 is 1.95 bits per heavy atom. The van der Waals surface area contributed by atoms with Gasteiger partial charge in [0, 0.05) is 12.6 Å². The standard InChI is InChI=1S/C15H23N3.HI/c1-4-16-15(18-14-9-12(14)3)17-10-13-7-5-11(2)6-8-13;/h5-8,12,14H,4,9-10H2,1-3H3,(H2,16,17,18);1H. The van der Waals surface area contributed by atoms with Crippen molar-refractivity contribution < 1.29 is 0 Å². The summed E-state index contributed by atoms with van der Waals surface area (Å²) in [4.78, 5) is 4.62. The molecule has 1 aromatic carbocycles. The SMILES string of the molecule is CCNC(=NCc1ccc(C)cc1)NC1CC1C.I. The van der Waals surface area contributed by atoms with Crippen LogP contribution in [0.5, 0.6) is 0 Å². The molecule has 0 heterocycles. The Morgan fingerprint density at radius 1 is 1.32 bits per heavy atom. The number of aryl methyl sites for hydroxylation is 1. The van der Waals surface area contributed by atoms with Crippen LogP contribution in [0.15, 0.2) is 29.3 Å². The lowest BCUT2D eigenvalue weighted by atomic mass is 10.1. The molecule has 0 spiro atoms. The van der Waals surface area contributed by atoms with E-state index in [9.17, 15) is 0 Å². The maximum atomic E-state index is 4.62. The molecule has 106 valence electrons. The molecule has 1 saturated carbocycles. The van der Waals surface area contributed by atoms with Gasteiger partial charge in [0.05, 0.1) is 6.54 Å². The first kappa shape index (κ1) is 16.3. The van der Waals surface area contributed by atoms with E-state index >= 15 is 0 Å². The van der Waals surface area contributed by atoms with E-state index in [2.05, 4.69) is 60.7 Å². The summed E-state index contributed by atoms with van der Waals surface area (Å²) in [5.74, 6) is 1.72. The monoisotopic (exact) mass is 373 g/mol. The van der Waals surface area contributed by atoms with E-state index in [4.69, 9.17) is 0 Å². The lowest BCUT2D eigenvalue weighted by Crippen LogP contribution is -2.39. The summed E-state index contributed by atoms with van der Waals surface area (Å²) in [6, 6.07) is 9.16. The quantitative estimate of drug-likeness (QED) is 0.484. The Kier molecular flexibility index (Phi) is 6.62. The van der Waals surface area contributed by atoms with E-state index in [1.165, 1.54) is 17.5 Å². The topological polar surface area (TPSA) is 36.4 Å². The molecule has 1 aliphatic carbocycles. The third-order valence-corrected chi connectivity index (χ3v) is 3.32. The van der Waals surface area contributed by atoms with Crippen molar-refractivity contribution >= 4 is 29.9 Å². The molecule has 1 aliphatic rings. The van der Waals surface area contributed by atoms with Gasteiger partial charge in [0.25, 0.3) is 0 Å². The number of nitrogens with one attached hydrogen (secondary N) is 2. The van der Waals surface area contributed by atoms with Crippen molar-refractivity contribution in [2.24, 2.45) is 10.9 Å². The zero-order valence-corrected chi connectivity index (χ0v) is 14.3. The molecular formula is C15H24IN3. The van der Waals surface area contributed by atoms with Gasteiger partial charge in [-0.05, 0) is 31.7 Å². The van der Waals surface area contributed by atoms with Crippen molar-refractivity contribution in [2.75, 3.05) is 6.54 Å². The fourth-order valence-electron chi connectivity index (χ4n) is 1.88. The summed E-state index contributed by atoms with van der Waals surface area (Å²) in [6.07, 6.45) is 1.26. The van der Waals surface area contributed by atoms with Gasteiger partial charge in [-0.15, -0.1) is 24.0 Å². The van der Waals surface area contributed by atoms with Crippen LogP contribution < -0.4 is 10.6 Å². The predicted octanol–water partition coefficient (Wildman–Crippen LogP) is 3.08. The predicted molar refractivity (Wildman–Crippen MR) is 92.1 cm³/mol. The molecule has 2 N–H and O–H groups in total. The lowest BCUT2D eigenvalue weighted by Gasteiger charge is -2.10. The van der Waals surface area contributed by atoms with Crippen LogP contribution in [0.1, 0.15) is 31.4 Å². The van der Waals surface area contributed by atoms with Gasteiger partial charge in [-0.2, -0.15) is 0 Å². The number of hydrogen-bond acceptors (Lipinski definition) is 1. The molecule has 0 aromatic heterocycles. The minimum absolute atomic E-state index is 0. The summed E-state index contributed by atoms with van der Waals surface area (Å²) in [7, 11) is 0. The highest BCUT2D eigenvalue weighted by Crippen LogP contribution is 2.28. The third kappa shape index (κ3) is 5.38. The van der Waals surface area contributed by atoms with Gasteiger partial charge in [-0.25, -0.2) is 4.99 Å². The van der Waals surface area contributed by atoms with Gasteiger partial charge < -0.3 is 10.6 Å². The Hall–Kier alpha value is -0.780. The van der Waals surface area contributed by atoms with Crippen LogP contribution in [0.25, 0.3) is 0 Å². The summed E-state index contributed by atoms with van der Waals surface area (Å²) < 4.78 is 0. The van der Waals surface area contributed by atoms with Crippen molar-refractivity contribution in [1.29, 1.82) is 0 Å². The molecule has 0 bridgehead atoms. The average Bonchev–Trinajstić information content (AvgIpc) is 3.04. The van der Waals surface area contributed by atoms with E-state index in [-0.39, 0.29) is 24.0 Å². The highest BCUT2D eigenvalue weighted by molar-refractivity contribution is 14.0. The molecule has 4 heteroatoms. The van der Waals surface area contributed by atoms with E-state index in [0.29, 0.717) is 6.04 Å². The Morgan fingerprint density at radius 3 is 2.47 bits per heavy atom. The van der Waals surface area contributed by atoms with Gasteiger partial charge in [0.15, 0.2) is 5.96 Å². The van der Waals surface area contributed by atoms with Crippen molar-refractivity contribution in [3.05, 3.63) is 35.4 Å². The van der Waals surface area contributed by atoms with Crippen LogP contribution in [0, 0.1) is 12.8 Å². The first-order valence-electron chi connectivity index (χ1n) is 6.79. The maximum absolute atomic E-state index is 4.62. The fourth-order valence-corrected chi connectivity index (χ4v) is 1.88. The van der Waals surface area contributed by atoms with Gasteiger partial charge in [-0.3, -0.25) is 0 Å². The molecular weight excluding hydrogens is 349 g/mol. The van der Waals surface area contributed by atoms with Crippen LogP contribution in [0.3, 0.4) is 0 Å². The molecule has 0 aliphatic heterocycles. The minimum atomic E-state index is 0. The normalized spacial score (nSPS) is 21.5. The molecule has 2 atom stereocenters. The largest absolute Gasteiger partial charge is 0.357 e. The smallest absolute Gasteiger partial charge is 0.191 e. The number of nitrogens with zero attached hydrogens (tertiary/aromatic N) is 1. The first-order chi connectivity index (χ1) is 8.69. The fraction of sp³-hybridized carbons (Fsp3) is 0.533. The summed E-state index contributed by atoms with van der Waals surface area (Å²) >= 11 is 0. The lowest BCUT2D eigenvalue weighted by molar-refractivity contribution is 0.766. The zero-order chi connectivity index (χ0) is 13.0. The zero-order valence-electron chi connectivity index (χ0n) is 11.9. The third-order valence-electron chi connectivity index (χ3n) is 3.32. The second-order valence-electron chi connectivity index (χ2n) is 5.14. The number of hydrogen-bond donors (Lipinski definition) is 2. The molecule has 2 rings (SSSR count). The summed E-state index contributed by atoms with van der Waals surface area (Å²) in [5.41, 5.74) is 2.54. The second kappa shape index (κ2) is 7.72. The van der Waals surface area contributed by atoms with Crippen molar-refractivity contribution in [1.82, 2.24) is 10.6 Å². The number of aliphatic imine (C=N–C) groups is 1. The number of halogens is 1. The number of benzene rings is 1. The Balaban J connectivity index is 0.00000180. The molecule has 0 saturated heterocycles. The van der Waals surface area contributed by atoms with E-state index in [1.54, 1.807) is 0 Å². The minimum Gasteiger partial charge on any atom is -0.357 e. The second-order valence-corrected chi connectivity index (χ2v) is 5.14. The van der Waals surface area contributed by atoms with Gasteiger partial charge in [0.1, 0.15) is 0 Å². The molecule has 3 nitrogen and oxygen atoms in total. The van der Waals surface area contributed by atoms with E-state index in [0.717, 1.165) is 25.0 Å². The van der Waals surface area contributed by atoms with Crippen molar-refractivity contribution in [2.45, 2.75) is 39.8 Å². The van der Waals surface area contributed by atoms with Gasteiger partial charge in [0.2, 0.25) is 0 Å². The van der Waals surface area contributed by atoms with Crippen LogP contribution in [-0.4, -0.2) is 18.5 Å². The van der Waals surface area contributed by atoms with Crippen molar-refractivity contribution in [3.8, 4) is 0 Å². The van der Waals surface area contributed by atoms with E-state index in [1.807, 2.05) is 0 Å². The van der Waals surface area contributed by atoms with Gasteiger partial charge >= 0.3 is 0 Å².